The molecule has 15 heavy (non-hydrogen) atoms. The molecule has 0 saturated heterocycles. The summed E-state index contributed by atoms with van der Waals surface area (Å²) in [6.45, 7) is 7.22. The molecular weight excluding hydrogens is 186 g/mol. The predicted molar refractivity (Wildman–Crippen MR) is 67.1 cm³/mol. The zero-order valence-electron chi connectivity index (χ0n) is 10.8. The Morgan fingerprint density at radius 1 is 1.07 bits per heavy atom. The van der Waals surface area contributed by atoms with Crippen LogP contribution in [0.4, 0.5) is 0 Å². The summed E-state index contributed by atoms with van der Waals surface area (Å²) in [6.07, 6.45) is 8.64. The molecule has 0 amide bonds. The van der Waals surface area contributed by atoms with Crippen LogP contribution in [-0.4, -0.2) is 23.8 Å². The molecule has 0 heterocycles. The van der Waals surface area contributed by atoms with Crippen molar-refractivity contribution in [2.45, 2.75) is 77.9 Å². The van der Waals surface area contributed by atoms with E-state index in [0.717, 1.165) is 13.0 Å². The van der Waals surface area contributed by atoms with Crippen LogP contribution in [0.3, 0.4) is 0 Å². The summed E-state index contributed by atoms with van der Waals surface area (Å²) in [7, 11) is 0. The zero-order valence-corrected chi connectivity index (χ0v) is 10.8. The number of nitrogens with one attached hydrogen (secondary N) is 1. The summed E-state index contributed by atoms with van der Waals surface area (Å²) < 4.78 is 0. The molecule has 0 radical (unpaired) electrons. The van der Waals surface area contributed by atoms with Gasteiger partial charge in [-0.2, -0.15) is 0 Å². The first kappa shape index (κ1) is 14.9. The molecule has 2 unspecified atom stereocenters. The molecule has 92 valence electrons. The van der Waals surface area contributed by atoms with Crippen LogP contribution in [0.2, 0.25) is 0 Å². The Kier molecular flexibility index (Phi) is 10.4. The lowest BCUT2D eigenvalue weighted by molar-refractivity contribution is 0.163. The van der Waals surface area contributed by atoms with Crippen molar-refractivity contribution in [3.8, 4) is 0 Å². The average molecular weight is 215 g/mol. The topological polar surface area (TPSA) is 32.3 Å². The molecule has 0 spiro atoms. The second kappa shape index (κ2) is 10.4. The van der Waals surface area contributed by atoms with E-state index in [1.807, 2.05) is 6.92 Å². The molecule has 2 heteroatoms. The van der Waals surface area contributed by atoms with E-state index < -0.39 is 0 Å². The molecule has 0 aromatic heterocycles. The Morgan fingerprint density at radius 2 is 1.73 bits per heavy atom. The molecule has 2 atom stereocenters. The lowest BCUT2D eigenvalue weighted by Crippen LogP contribution is -2.33. The van der Waals surface area contributed by atoms with Gasteiger partial charge in [-0.15, -0.1) is 0 Å². The Labute approximate surface area is 95.5 Å². The standard InChI is InChI=1S/C13H29NO/c1-4-6-7-8-9-10-12(3)14-11-13(15)5-2/h12-15H,4-11H2,1-3H3. The highest BCUT2D eigenvalue weighted by Crippen LogP contribution is 2.07. The van der Waals surface area contributed by atoms with Crippen molar-refractivity contribution in [2.24, 2.45) is 0 Å². The molecular formula is C13H29NO. The van der Waals surface area contributed by atoms with Crippen molar-refractivity contribution in [3.05, 3.63) is 0 Å². The van der Waals surface area contributed by atoms with Crippen LogP contribution in [0, 0.1) is 0 Å². The third-order valence-corrected chi connectivity index (χ3v) is 2.91. The van der Waals surface area contributed by atoms with Gasteiger partial charge < -0.3 is 10.4 Å². The molecule has 0 bridgehead atoms. The minimum atomic E-state index is -0.174. The summed E-state index contributed by atoms with van der Waals surface area (Å²) >= 11 is 0. The van der Waals surface area contributed by atoms with Crippen molar-refractivity contribution < 1.29 is 5.11 Å². The molecule has 2 N–H and O–H groups in total. The van der Waals surface area contributed by atoms with Crippen LogP contribution in [0.1, 0.15) is 65.7 Å². The SMILES string of the molecule is CCCCCCCC(C)NCC(O)CC. The highest BCUT2D eigenvalue weighted by Gasteiger charge is 2.04. The highest BCUT2D eigenvalue weighted by atomic mass is 16.3. The first-order chi connectivity index (χ1) is 7.20. The fourth-order valence-corrected chi connectivity index (χ4v) is 1.64. The molecule has 0 fully saturated rings. The van der Waals surface area contributed by atoms with E-state index in [1.54, 1.807) is 0 Å². The van der Waals surface area contributed by atoms with Crippen molar-refractivity contribution >= 4 is 0 Å². The molecule has 0 aliphatic heterocycles. The monoisotopic (exact) mass is 215 g/mol. The summed E-state index contributed by atoms with van der Waals surface area (Å²) in [5.74, 6) is 0. The first-order valence-corrected chi connectivity index (χ1v) is 6.62. The smallest absolute Gasteiger partial charge is 0.0662 e. The van der Waals surface area contributed by atoms with Gasteiger partial charge in [-0.1, -0.05) is 46.0 Å². The lowest BCUT2D eigenvalue weighted by atomic mass is 10.1. The Balaban J connectivity index is 3.21. The average Bonchev–Trinajstić information content (AvgIpc) is 2.25. The van der Waals surface area contributed by atoms with Crippen LogP contribution in [-0.2, 0) is 0 Å². The van der Waals surface area contributed by atoms with E-state index in [1.165, 1.54) is 38.5 Å². The second-order valence-corrected chi connectivity index (χ2v) is 4.57. The number of hydrogen-bond donors (Lipinski definition) is 2. The third-order valence-electron chi connectivity index (χ3n) is 2.91. The van der Waals surface area contributed by atoms with Gasteiger partial charge in [0.05, 0.1) is 6.10 Å². The van der Waals surface area contributed by atoms with Gasteiger partial charge in [0.1, 0.15) is 0 Å². The maximum Gasteiger partial charge on any atom is 0.0662 e. The van der Waals surface area contributed by atoms with E-state index in [-0.39, 0.29) is 6.10 Å². The van der Waals surface area contributed by atoms with Crippen molar-refractivity contribution in [1.82, 2.24) is 5.32 Å². The van der Waals surface area contributed by atoms with Crippen molar-refractivity contribution in [2.75, 3.05) is 6.54 Å². The zero-order chi connectivity index (χ0) is 11.5. The number of unbranched alkanes of at least 4 members (excludes halogenated alkanes) is 4. The van der Waals surface area contributed by atoms with E-state index in [4.69, 9.17) is 0 Å². The predicted octanol–water partition coefficient (Wildman–Crippen LogP) is 3.10. The summed E-state index contributed by atoms with van der Waals surface area (Å²) in [4.78, 5) is 0. The van der Waals surface area contributed by atoms with Crippen LogP contribution in [0.5, 0.6) is 0 Å². The minimum Gasteiger partial charge on any atom is -0.392 e. The molecule has 2 nitrogen and oxygen atoms in total. The van der Waals surface area contributed by atoms with E-state index in [2.05, 4.69) is 19.2 Å². The van der Waals surface area contributed by atoms with Gasteiger partial charge in [0.15, 0.2) is 0 Å². The number of hydrogen-bond acceptors (Lipinski definition) is 2. The summed E-state index contributed by atoms with van der Waals surface area (Å²) in [5, 5.41) is 12.8. The fourth-order valence-electron chi connectivity index (χ4n) is 1.64. The Hall–Kier alpha value is -0.0800. The summed E-state index contributed by atoms with van der Waals surface area (Å²) in [6, 6.07) is 0.549. The van der Waals surface area contributed by atoms with Gasteiger partial charge in [-0.05, 0) is 19.8 Å². The Bertz CT molecular complexity index is 128. The van der Waals surface area contributed by atoms with Gasteiger partial charge in [0.2, 0.25) is 0 Å². The molecule has 0 saturated carbocycles. The Morgan fingerprint density at radius 3 is 2.33 bits per heavy atom. The number of aliphatic hydroxyl groups is 1. The van der Waals surface area contributed by atoms with Crippen LogP contribution < -0.4 is 5.32 Å². The fraction of sp³-hybridized carbons (Fsp3) is 1.00. The van der Waals surface area contributed by atoms with Gasteiger partial charge in [0.25, 0.3) is 0 Å². The number of aliphatic hydroxyl groups excluding tert-OH is 1. The largest absolute Gasteiger partial charge is 0.392 e. The first-order valence-electron chi connectivity index (χ1n) is 6.62. The lowest BCUT2D eigenvalue weighted by Gasteiger charge is -2.16. The van der Waals surface area contributed by atoms with Gasteiger partial charge in [-0.25, -0.2) is 0 Å². The molecule has 0 aliphatic rings. The molecule has 0 aromatic carbocycles. The van der Waals surface area contributed by atoms with Gasteiger partial charge in [0, 0.05) is 12.6 Å². The quantitative estimate of drug-likeness (QED) is 0.549. The maximum absolute atomic E-state index is 9.39. The molecule has 0 aliphatic carbocycles. The summed E-state index contributed by atoms with van der Waals surface area (Å²) in [5.41, 5.74) is 0. The van der Waals surface area contributed by atoms with E-state index in [0.29, 0.717) is 6.04 Å². The maximum atomic E-state index is 9.39. The van der Waals surface area contributed by atoms with Crippen LogP contribution in [0.15, 0.2) is 0 Å². The van der Waals surface area contributed by atoms with E-state index >= 15 is 0 Å². The second-order valence-electron chi connectivity index (χ2n) is 4.57. The highest BCUT2D eigenvalue weighted by molar-refractivity contribution is 4.64. The minimum absolute atomic E-state index is 0.174. The third kappa shape index (κ3) is 10.2. The van der Waals surface area contributed by atoms with E-state index in [9.17, 15) is 5.11 Å². The van der Waals surface area contributed by atoms with Gasteiger partial charge in [-0.3, -0.25) is 0 Å². The van der Waals surface area contributed by atoms with Crippen LogP contribution >= 0.6 is 0 Å². The molecule has 0 rings (SSSR count). The normalized spacial score (nSPS) is 15.2. The van der Waals surface area contributed by atoms with Crippen LogP contribution in [0.25, 0.3) is 0 Å². The van der Waals surface area contributed by atoms with Gasteiger partial charge >= 0.3 is 0 Å². The number of rotatable bonds is 10. The van der Waals surface area contributed by atoms with Crippen molar-refractivity contribution in [3.63, 3.8) is 0 Å². The molecule has 0 aromatic rings. The van der Waals surface area contributed by atoms with Crippen molar-refractivity contribution in [1.29, 1.82) is 0 Å².